The van der Waals surface area contributed by atoms with Crippen molar-refractivity contribution in [1.29, 1.82) is 0 Å². The molecule has 1 aliphatic rings. The Hall–Kier alpha value is -1.64. The number of ether oxygens (including phenoxy) is 1. The molecule has 1 aromatic rings. The van der Waals surface area contributed by atoms with Gasteiger partial charge in [-0.1, -0.05) is 18.2 Å². The first-order chi connectivity index (χ1) is 7.24. The Bertz CT molecular complexity index is 398. The Labute approximate surface area is 87.4 Å². The zero-order valence-electron chi connectivity index (χ0n) is 8.15. The largest absolute Gasteiger partial charge is 0.458 e. The molecule has 0 amide bonds. The Balaban J connectivity index is 2.02. The highest BCUT2D eigenvalue weighted by Gasteiger charge is 2.20. The van der Waals surface area contributed by atoms with Crippen LogP contribution in [0, 0.1) is 5.82 Å². The summed E-state index contributed by atoms with van der Waals surface area (Å²) in [4.78, 5) is 10.8. The summed E-state index contributed by atoms with van der Waals surface area (Å²) in [5, 5.41) is 0. The molecular weight excluding hydrogens is 195 g/mol. The van der Waals surface area contributed by atoms with Crippen LogP contribution >= 0.6 is 0 Å². The molecule has 0 saturated carbocycles. The van der Waals surface area contributed by atoms with E-state index in [2.05, 4.69) is 0 Å². The smallest absolute Gasteiger partial charge is 0.306 e. The molecule has 1 heterocycles. The van der Waals surface area contributed by atoms with Crippen molar-refractivity contribution >= 4 is 12.0 Å². The maximum absolute atomic E-state index is 12.8. The molecular formula is C12H11FO2. The molecule has 0 spiro atoms. The van der Waals surface area contributed by atoms with Gasteiger partial charge in [-0.25, -0.2) is 4.39 Å². The Morgan fingerprint density at radius 1 is 1.47 bits per heavy atom. The highest BCUT2D eigenvalue weighted by atomic mass is 19.1. The standard InChI is InChI=1S/C12H11FO2/c13-10-3-1-2-9(8-10)4-5-11-6-7-12(14)15-11/h1-5,8,11H,6-7H2/b5-4+/t11-/m1/s1. The van der Waals surface area contributed by atoms with Crippen LogP contribution in [0.3, 0.4) is 0 Å². The van der Waals surface area contributed by atoms with Crippen LogP contribution in [0.25, 0.3) is 6.08 Å². The van der Waals surface area contributed by atoms with Crippen molar-refractivity contribution in [3.05, 3.63) is 41.7 Å². The highest BCUT2D eigenvalue weighted by Crippen LogP contribution is 2.16. The zero-order chi connectivity index (χ0) is 10.7. The van der Waals surface area contributed by atoms with E-state index in [0.717, 1.165) is 5.56 Å². The van der Waals surface area contributed by atoms with E-state index >= 15 is 0 Å². The molecule has 0 radical (unpaired) electrons. The van der Waals surface area contributed by atoms with Gasteiger partial charge in [0.2, 0.25) is 0 Å². The molecule has 0 bridgehead atoms. The van der Waals surface area contributed by atoms with E-state index in [4.69, 9.17) is 4.74 Å². The molecule has 0 aromatic heterocycles. The van der Waals surface area contributed by atoms with Crippen LogP contribution in [0.4, 0.5) is 4.39 Å². The molecule has 1 aromatic carbocycles. The van der Waals surface area contributed by atoms with Crippen molar-refractivity contribution in [2.24, 2.45) is 0 Å². The molecule has 1 aliphatic heterocycles. The average molecular weight is 206 g/mol. The molecule has 0 unspecified atom stereocenters. The van der Waals surface area contributed by atoms with Crippen molar-refractivity contribution in [3.63, 3.8) is 0 Å². The van der Waals surface area contributed by atoms with Gasteiger partial charge in [-0.3, -0.25) is 4.79 Å². The van der Waals surface area contributed by atoms with Crippen molar-refractivity contribution < 1.29 is 13.9 Å². The Morgan fingerprint density at radius 2 is 2.33 bits per heavy atom. The maximum atomic E-state index is 12.8. The van der Waals surface area contributed by atoms with Gasteiger partial charge in [0.1, 0.15) is 11.9 Å². The SMILES string of the molecule is O=C1CC[C@@H](/C=C/c2cccc(F)c2)O1. The third kappa shape index (κ3) is 2.65. The average Bonchev–Trinajstić information content (AvgIpc) is 2.62. The number of hydrogen-bond acceptors (Lipinski definition) is 2. The molecule has 78 valence electrons. The van der Waals surface area contributed by atoms with Gasteiger partial charge in [-0.05, 0) is 30.2 Å². The third-order valence-corrected chi connectivity index (χ3v) is 2.27. The fraction of sp³-hybridized carbons (Fsp3) is 0.250. The molecule has 0 aliphatic carbocycles. The van der Waals surface area contributed by atoms with Crippen LogP contribution in [0.5, 0.6) is 0 Å². The Kier molecular flexibility index (Phi) is 2.81. The predicted octanol–water partition coefficient (Wildman–Crippen LogP) is 2.54. The van der Waals surface area contributed by atoms with Crippen LogP contribution in [-0.4, -0.2) is 12.1 Å². The van der Waals surface area contributed by atoms with Gasteiger partial charge in [0.05, 0.1) is 0 Å². The minimum atomic E-state index is -0.263. The summed E-state index contributed by atoms with van der Waals surface area (Å²) in [6.45, 7) is 0. The Morgan fingerprint density at radius 3 is 3.00 bits per heavy atom. The van der Waals surface area contributed by atoms with Crippen molar-refractivity contribution in [2.75, 3.05) is 0 Å². The second-order valence-corrected chi connectivity index (χ2v) is 3.48. The van der Waals surface area contributed by atoms with Crippen LogP contribution in [0.1, 0.15) is 18.4 Å². The summed E-state index contributed by atoms with van der Waals surface area (Å²) < 4.78 is 17.8. The van der Waals surface area contributed by atoms with E-state index < -0.39 is 0 Å². The first kappa shape index (κ1) is 9.90. The van der Waals surface area contributed by atoms with Crippen LogP contribution in [-0.2, 0) is 9.53 Å². The molecule has 2 rings (SSSR count). The number of carbonyl (C=O) groups excluding carboxylic acids is 1. The van der Waals surface area contributed by atoms with E-state index in [9.17, 15) is 9.18 Å². The van der Waals surface area contributed by atoms with Gasteiger partial charge in [0.25, 0.3) is 0 Å². The minimum Gasteiger partial charge on any atom is -0.458 e. The number of benzene rings is 1. The molecule has 1 saturated heterocycles. The quantitative estimate of drug-likeness (QED) is 0.695. The fourth-order valence-electron chi connectivity index (χ4n) is 1.51. The van der Waals surface area contributed by atoms with Crippen molar-refractivity contribution in [3.8, 4) is 0 Å². The molecule has 3 heteroatoms. The molecule has 15 heavy (non-hydrogen) atoms. The van der Waals surface area contributed by atoms with Gasteiger partial charge in [0.15, 0.2) is 0 Å². The highest BCUT2D eigenvalue weighted by molar-refractivity contribution is 5.72. The second kappa shape index (κ2) is 4.26. The summed E-state index contributed by atoms with van der Waals surface area (Å²) in [5.74, 6) is -0.426. The van der Waals surface area contributed by atoms with E-state index in [1.54, 1.807) is 24.3 Å². The van der Waals surface area contributed by atoms with Gasteiger partial charge in [-0.2, -0.15) is 0 Å². The summed E-state index contributed by atoms with van der Waals surface area (Å²) in [6, 6.07) is 6.28. The molecule has 2 nitrogen and oxygen atoms in total. The number of hydrogen-bond donors (Lipinski definition) is 0. The maximum Gasteiger partial charge on any atom is 0.306 e. The van der Waals surface area contributed by atoms with Crippen LogP contribution in [0.2, 0.25) is 0 Å². The molecule has 1 atom stereocenters. The lowest BCUT2D eigenvalue weighted by Gasteiger charge is -2.01. The van der Waals surface area contributed by atoms with E-state index in [1.807, 2.05) is 0 Å². The van der Waals surface area contributed by atoms with Crippen molar-refractivity contribution in [1.82, 2.24) is 0 Å². The van der Waals surface area contributed by atoms with Gasteiger partial charge >= 0.3 is 5.97 Å². The normalized spacial score (nSPS) is 20.9. The zero-order valence-corrected chi connectivity index (χ0v) is 8.15. The van der Waals surface area contributed by atoms with Crippen LogP contribution < -0.4 is 0 Å². The predicted molar refractivity (Wildman–Crippen MR) is 54.5 cm³/mol. The molecule has 1 fully saturated rings. The van der Waals surface area contributed by atoms with Crippen LogP contribution in [0.15, 0.2) is 30.3 Å². The number of cyclic esters (lactones) is 1. The van der Waals surface area contributed by atoms with Gasteiger partial charge in [-0.15, -0.1) is 0 Å². The monoisotopic (exact) mass is 206 g/mol. The van der Waals surface area contributed by atoms with Gasteiger partial charge in [0, 0.05) is 6.42 Å². The lowest BCUT2D eigenvalue weighted by atomic mass is 10.1. The van der Waals surface area contributed by atoms with E-state index in [1.165, 1.54) is 12.1 Å². The number of carbonyl (C=O) groups is 1. The van der Waals surface area contributed by atoms with E-state index in [0.29, 0.717) is 12.8 Å². The third-order valence-electron chi connectivity index (χ3n) is 2.27. The number of rotatable bonds is 2. The fourth-order valence-corrected chi connectivity index (χ4v) is 1.51. The van der Waals surface area contributed by atoms with Crippen molar-refractivity contribution in [2.45, 2.75) is 18.9 Å². The number of halogens is 1. The molecule has 0 N–H and O–H groups in total. The summed E-state index contributed by atoms with van der Waals surface area (Å²) in [5.41, 5.74) is 0.776. The van der Waals surface area contributed by atoms with E-state index in [-0.39, 0.29) is 17.9 Å². The lowest BCUT2D eigenvalue weighted by Crippen LogP contribution is -2.01. The first-order valence-corrected chi connectivity index (χ1v) is 4.87. The second-order valence-electron chi connectivity index (χ2n) is 3.48. The summed E-state index contributed by atoms with van der Waals surface area (Å²) in [7, 11) is 0. The van der Waals surface area contributed by atoms with Gasteiger partial charge < -0.3 is 4.74 Å². The first-order valence-electron chi connectivity index (χ1n) is 4.87. The minimum absolute atomic E-state index is 0.152. The number of esters is 1. The summed E-state index contributed by atoms with van der Waals surface area (Å²) in [6.07, 6.45) is 4.59. The summed E-state index contributed by atoms with van der Waals surface area (Å²) >= 11 is 0. The topological polar surface area (TPSA) is 26.3 Å². The lowest BCUT2D eigenvalue weighted by molar-refractivity contribution is -0.139.